The zero-order chi connectivity index (χ0) is 28.9. The summed E-state index contributed by atoms with van der Waals surface area (Å²) in [5.74, 6) is 2.26. The van der Waals surface area contributed by atoms with Gasteiger partial charge in [0.1, 0.15) is 6.10 Å². The van der Waals surface area contributed by atoms with Crippen LogP contribution in [0.25, 0.3) is 0 Å². The van der Waals surface area contributed by atoms with E-state index in [0.29, 0.717) is 36.5 Å². The Balaban J connectivity index is 1.32. The zero-order valence-electron chi connectivity index (χ0n) is 25.8. The van der Waals surface area contributed by atoms with E-state index in [2.05, 4.69) is 65.8 Å². The van der Waals surface area contributed by atoms with E-state index in [4.69, 9.17) is 18.9 Å². The van der Waals surface area contributed by atoms with Crippen molar-refractivity contribution in [3.05, 3.63) is 35.5 Å². The van der Waals surface area contributed by atoms with E-state index in [1.807, 2.05) is 0 Å². The topological polar surface area (TPSA) is 74.2 Å². The maximum absolute atomic E-state index is 12.2. The third-order valence-corrected chi connectivity index (χ3v) is 11.9. The van der Waals surface area contributed by atoms with Crippen LogP contribution in [0, 0.1) is 40.4 Å². The van der Waals surface area contributed by atoms with Gasteiger partial charge in [0.25, 0.3) is 0 Å². The highest BCUT2D eigenvalue weighted by molar-refractivity contribution is 5.60. The quantitative estimate of drug-likeness (QED) is 0.261. The van der Waals surface area contributed by atoms with Crippen molar-refractivity contribution in [2.45, 2.75) is 117 Å². The molecule has 5 aliphatic rings. The van der Waals surface area contributed by atoms with Crippen LogP contribution >= 0.6 is 0 Å². The minimum Gasteiger partial charge on any atom is -0.438 e. The van der Waals surface area contributed by atoms with Crippen LogP contribution in [0.1, 0.15) is 92.9 Å². The van der Waals surface area contributed by atoms with E-state index >= 15 is 0 Å². The molecule has 3 saturated carbocycles. The number of aliphatic hydroxyl groups excluding tert-OH is 1. The van der Waals surface area contributed by atoms with E-state index < -0.39 is 12.3 Å². The standard InChI is InChI=1S/C34H52O6/c1-21(10-11-22(2)32(3,4)40-30-9-8-18-38-30)26-14-15-27-25-13-12-23-19-24(35)20-29(39-31(36)37-7)34(23,6)28(25)16-17-33(26,27)5/h10-13,21-22,24,26-30,35H,8-9,14-20H2,1-7H3/b11-10+/t21-,22-,24-,26-,27+,28+,29+,30?,33-,34+/m1/s1. The maximum atomic E-state index is 12.2. The molecule has 0 radical (unpaired) electrons. The molecule has 5 rings (SSSR count). The van der Waals surface area contributed by atoms with Gasteiger partial charge in [0.15, 0.2) is 6.29 Å². The summed E-state index contributed by atoms with van der Waals surface area (Å²) < 4.78 is 22.8. The number of carbonyl (C=O) groups excluding carboxylic acids is 1. The summed E-state index contributed by atoms with van der Waals surface area (Å²) in [6, 6.07) is 0. The van der Waals surface area contributed by atoms with Crippen molar-refractivity contribution in [2.75, 3.05) is 13.7 Å². The van der Waals surface area contributed by atoms with Gasteiger partial charge in [-0.25, -0.2) is 4.79 Å². The summed E-state index contributed by atoms with van der Waals surface area (Å²) in [5, 5.41) is 10.6. The van der Waals surface area contributed by atoms with Gasteiger partial charge in [-0.1, -0.05) is 63.1 Å². The lowest BCUT2D eigenvalue weighted by Crippen LogP contribution is -2.53. The third kappa shape index (κ3) is 5.22. The molecule has 6 heteroatoms. The molecule has 0 aromatic carbocycles. The van der Waals surface area contributed by atoms with E-state index in [1.54, 1.807) is 0 Å². The molecule has 1 saturated heterocycles. The summed E-state index contributed by atoms with van der Waals surface area (Å²) in [6.45, 7) is 14.6. The van der Waals surface area contributed by atoms with Gasteiger partial charge in [-0.15, -0.1) is 0 Å². The summed E-state index contributed by atoms with van der Waals surface area (Å²) in [5.41, 5.74) is 2.42. The number of fused-ring (bicyclic) bond motifs is 5. The van der Waals surface area contributed by atoms with Crippen LogP contribution in [0.4, 0.5) is 4.79 Å². The monoisotopic (exact) mass is 556 g/mol. The first-order valence-electron chi connectivity index (χ1n) is 15.7. The molecule has 1 unspecified atom stereocenters. The van der Waals surface area contributed by atoms with Gasteiger partial charge < -0.3 is 24.1 Å². The highest BCUT2D eigenvalue weighted by Gasteiger charge is 2.59. The predicted molar refractivity (Wildman–Crippen MR) is 155 cm³/mol. The largest absolute Gasteiger partial charge is 0.508 e. The lowest BCUT2D eigenvalue weighted by molar-refractivity contribution is -0.188. The Morgan fingerprint density at radius 2 is 1.90 bits per heavy atom. The minimum absolute atomic E-state index is 0.0711. The second-order valence-corrected chi connectivity index (χ2v) is 14.3. The Kier molecular flexibility index (Phi) is 8.37. The van der Waals surface area contributed by atoms with Crippen LogP contribution in [-0.4, -0.2) is 49.1 Å². The minimum atomic E-state index is -0.656. The number of rotatable bonds is 7. The Bertz CT molecular complexity index is 1040. The Hall–Kier alpha value is -1.63. The fraction of sp³-hybridized carbons (Fsp3) is 0.794. The molecular formula is C34H52O6. The first-order valence-corrected chi connectivity index (χ1v) is 15.7. The summed E-state index contributed by atoms with van der Waals surface area (Å²) >= 11 is 0. The number of carbonyl (C=O) groups is 1. The van der Waals surface area contributed by atoms with Crippen molar-refractivity contribution < 1.29 is 28.8 Å². The van der Waals surface area contributed by atoms with Crippen molar-refractivity contribution in [3.8, 4) is 0 Å². The third-order valence-electron chi connectivity index (χ3n) is 11.9. The van der Waals surface area contributed by atoms with E-state index in [1.165, 1.54) is 37.5 Å². The molecule has 224 valence electrons. The summed E-state index contributed by atoms with van der Waals surface area (Å²) in [6.07, 6.45) is 15.7. The Labute approximate surface area is 241 Å². The molecule has 1 N–H and O–H groups in total. The van der Waals surface area contributed by atoms with E-state index in [0.717, 1.165) is 25.9 Å². The average Bonchev–Trinajstić information content (AvgIpc) is 3.54. The molecule has 6 nitrogen and oxygen atoms in total. The van der Waals surface area contributed by atoms with Crippen LogP contribution in [0.5, 0.6) is 0 Å². The second kappa shape index (κ2) is 11.2. The molecule has 4 fully saturated rings. The van der Waals surface area contributed by atoms with Crippen LogP contribution in [0.2, 0.25) is 0 Å². The molecule has 4 aliphatic carbocycles. The van der Waals surface area contributed by atoms with Crippen molar-refractivity contribution in [3.63, 3.8) is 0 Å². The predicted octanol–water partition coefficient (Wildman–Crippen LogP) is 7.37. The summed E-state index contributed by atoms with van der Waals surface area (Å²) in [7, 11) is 1.35. The van der Waals surface area contributed by atoms with E-state index in [9.17, 15) is 9.90 Å². The van der Waals surface area contributed by atoms with Crippen molar-refractivity contribution in [1.82, 2.24) is 0 Å². The highest BCUT2D eigenvalue weighted by Crippen LogP contribution is 2.66. The summed E-state index contributed by atoms with van der Waals surface area (Å²) in [4.78, 5) is 12.2. The molecule has 0 bridgehead atoms. The molecule has 0 amide bonds. The lowest BCUT2D eigenvalue weighted by atomic mass is 9.49. The maximum Gasteiger partial charge on any atom is 0.508 e. The van der Waals surface area contributed by atoms with Crippen LogP contribution in [0.15, 0.2) is 35.5 Å². The molecule has 1 heterocycles. The van der Waals surface area contributed by atoms with Gasteiger partial charge in [-0.3, -0.25) is 0 Å². The van der Waals surface area contributed by atoms with Crippen LogP contribution in [-0.2, 0) is 18.9 Å². The number of allylic oxidation sites excluding steroid dienone is 4. The highest BCUT2D eigenvalue weighted by atomic mass is 16.7. The van der Waals surface area contributed by atoms with Gasteiger partial charge in [-0.2, -0.15) is 0 Å². The molecule has 40 heavy (non-hydrogen) atoms. The molecule has 0 aromatic heterocycles. The van der Waals surface area contributed by atoms with Gasteiger partial charge in [0, 0.05) is 30.8 Å². The van der Waals surface area contributed by atoms with Crippen LogP contribution < -0.4 is 0 Å². The number of methoxy groups -OCH3 is 1. The van der Waals surface area contributed by atoms with Crippen LogP contribution in [0.3, 0.4) is 0 Å². The van der Waals surface area contributed by atoms with Crippen molar-refractivity contribution in [1.29, 1.82) is 0 Å². The molecule has 10 atom stereocenters. The second-order valence-electron chi connectivity index (χ2n) is 14.3. The van der Waals surface area contributed by atoms with Gasteiger partial charge >= 0.3 is 6.16 Å². The zero-order valence-corrected chi connectivity index (χ0v) is 25.8. The molecular weight excluding hydrogens is 504 g/mol. The number of aliphatic hydroxyl groups is 1. The normalized spacial score (nSPS) is 40.9. The Morgan fingerprint density at radius 3 is 2.60 bits per heavy atom. The van der Waals surface area contributed by atoms with Gasteiger partial charge in [-0.05, 0) is 81.5 Å². The van der Waals surface area contributed by atoms with Gasteiger partial charge in [0.05, 0.1) is 18.8 Å². The first kappa shape index (κ1) is 29.8. The number of hydrogen-bond donors (Lipinski definition) is 1. The number of hydrogen-bond acceptors (Lipinski definition) is 6. The van der Waals surface area contributed by atoms with Gasteiger partial charge in [0.2, 0.25) is 0 Å². The fourth-order valence-electron chi connectivity index (χ4n) is 9.06. The first-order chi connectivity index (χ1) is 18.9. The lowest BCUT2D eigenvalue weighted by Gasteiger charge is -2.56. The fourth-order valence-corrected chi connectivity index (χ4v) is 9.06. The smallest absolute Gasteiger partial charge is 0.438 e. The molecule has 1 aliphatic heterocycles. The van der Waals surface area contributed by atoms with Crippen molar-refractivity contribution >= 4 is 6.16 Å². The average molecular weight is 557 g/mol. The van der Waals surface area contributed by atoms with Crippen molar-refractivity contribution in [2.24, 2.45) is 40.4 Å². The molecule has 0 spiro atoms. The Morgan fingerprint density at radius 1 is 1.12 bits per heavy atom. The number of ether oxygens (including phenoxy) is 4. The SMILES string of the molecule is COC(=O)O[C@H]1C[C@H](O)CC2=CC=C3[C@@H]4CC[C@H]([C@H](C)/C=C/[C@@H](C)C(C)(C)OC5CCCO5)[C@@]4(C)CC[C@@H]3[C@]21C. The van der Waals surface area contributed by atoms with E-state index in [-0.39, 0.29) is 34.7 Å². The molecule has 0 aromatic rings.